The average Bonchev–Trinajstić information content (AvgIpc) is 3.25. The molecule has 1 N–H and O–H groups in total. The molecule has 1 aliphatic carbocycles. The molecule has 1 saturated carbocycles. The van der Waals surface area contributed by atoms with Crippen LogP contribution in [0.25, 0.3) is 10.9 Å². The lowest BCUT2D eigenvalue weighted by Crippen LogP contribution is -2.28. The highest BCUT2D eigenvalue weighted by molar-refractivity contribution is 5.80. The fourth-order valence-corrected chi connectivity index (χ4v) is 2.43. The number of aromatic nitrogens is 3. The molecule has 21 heavy (non-hydrogen) atoms. The molecular weight excluding hydrogens is 270 g/mol. The molecule has 0 amide bonds. The summed E-state index contributed by atoms with van der Waals surface area (Å²) in [6, 6.07) is 3.63. The zero-order valence-corrected chi connectivity index (χ0v) is 12.0. The number of carboxylic acid groups (broad SMARTS) is 1. The topological polar surface area (TPSA) is 85.1 Å². The number of hydrogen-bond acceptors (Lipinski definition) is 4. The van der Waals surface area contributed by atoms with Gasteiger partial charge in [-0.3, -0.25) is 14.6 Å². The summed E-state index contributed by atoms with van der Waals surface area (Å²) in [6.07, 6.45) is 2.28. The van der Waals surface area contributed by atoms with E-state index in [2.05, 4.69) is 10.1 Å². The van der Waals surface area contributed by atoms with Gasteiger partial charge in [-0.1, -0.05) is 13.8 Å². The molecule has 2 aromatic heterocycles. The molecule has 0 atom stereocenters. The fourth-order valence-electron chi connectivity index (χ4n) is 2.43. The highest BCUT2D eigenvalue weighted by Crippen LogP contribution is 2.39. The first-order valence-electron chi connectivity index (χ1n) is 7.11. The van der Waals surface area contributed by atoms with Crippen molar-refractivity contribution in [1.29, 1.82) is 0 Å². The molecule has 6 nitrogen and oxygen atoms in total. The maximum atomic E-state index is 12.3. The van der Waals surface area contributed by atoms with Gasteiger partial charge >= 0.3 is 5.97 Å². The Hall–Kier alpha value is -2.24. The minimum atomic E-state index is -1.08. The molecule has 0 radical (unpaired) electrons. The smallest absolute Gasteiger partial charge is 0.325 e. The summed E-state index contributed by atoms with van der Waals surface area (Å²) in [5.74, 6) is -0.521. The van der Waals surface area contributed by atoms with Gasteiger partial charge in [-0.2, -0.15) is 5.10 Å². The quantitative estimate of drug-likeness (QED) is 0.928. The zero-order chi connectivity index (χ0) is 15.1. The third kappa shape index (κ3) is 2.53. The third-order valence-corrected chi connectivity index (χ3v) is 3.68. The van der Waals surface area contributed by atoms with Crippen LogP contribution >= 0.6 is 0 Å². The Morgan fingerprint density at radius 2 is 2.14 bits per heavy atom. The molecule has 0 unspecified atom stereocenters. The number of aliphatic carboxylic acids is 1. The van der Waals surface area contributed by atoms with Gasteiger partial charge < -0.3 is 5.11 Å². The summed E-state index contributed by atoms with van der Waals surface area (Å²) in [5.41, 5.74) is 1.89. The standard InChI is InChI=1S/C15H17N3O3/c1-8(2)13-14-10(5-6-11(16-14)9-3-4-9)15(21)18(17-13)7-12(19)20/h5-6,8-9H,3-4,7H2,1-2H3,(H,19,20). The molecular formula is C15H17N3O3. The van der Waals surface area contributed by atoms with E-state index in [0.717, 1.165) is 23.2 Å². The second kappa shape index (κ2) is 4.95. The van der Waals surface area contributed by atoms with Gasteiger partial charge in [-0.15, -0.1) is 0 Å². The van der Waals surface area contributed by atoms with Crippen LogP contribution in [0.3, 0.4) is 0 Å². The number of hydrogen-bond donors (Lipinski definition) is 1. The van der Waals surface area contributed by atoms with Crippen molar-refractivity contribution in [3.63, 3.8) is 0 Å². The maximum absolute atomic E-state index is 12.3. The summed E-state index contributed by atoms with van der Waals surface area (Å²) >= 11 is 0. The van der Waals surface area contributed by atoms with Crippen molar-refractivity contribution in [3.8, 4) is 0 Å². The largest absolute Gasteiger partial charge is 0.480 e. The average molecular weight is 287 g/mol. The molecule has 3 rings (SSSR count). The molecule has 0 bridgehead atoms. The number of carboxylic acids is 1. The van der Waals surface area contributed by atoms with Gasteiger partial charge in [0.25, 0.3) is 5.56 Å². The minimum absolute atomic E-state index is 0.0649. The van der Waals surface area contributed by atoms with Crippen molar-refractivity contribution >= 4 is 16.9 Å². The first kappa shape index (κ1) is 13.7. The summed E-state index contributed by atoms with van der Waals surface area (Å²) < 4.78 is 1.01. The van der Waals surface area contributed by atoms with E-state index in [1.165, 1.54) is 0 Å². The van der Waals surface area contributed by atoms with Crippen molar-refractivity contribution in [2.45, 2.75) is 45.1 Å². The number of nitrogens with zero attached hydrogens (tertiary/aromatic N) is 3. The van der Waals surface area contributed by atoms with E-state index < -0.39 is 18.1 Å². The number of fused-ring (bicyclic) bond motifs is 1. The van der Waals surface area contributed by atoms with Crippen LogP contribution in [0.2, 0.25) is 0 Å². The molecule has 0 aromatic carbocycles. The van der Waals surface area contributed by atoms with E-state index in [-0.39, 0.29) is 5.92 Å². The number of carbonyl (C=O) groups is 1. The maximum Gasteiger partial charge on any atom is 0.325 e. The van der Waals surface area contributed by atoms with Gasteiger partial charge in [-0.05, 0) is 30.9 Å². The van der Waals surface area contributed by atoms with E-state index in [0.29, 0.717) is 22.5 Å². The summed E-state index contributed by atoms with van der Waals surface area (Å²) in [6.45, 7) is 3.49. The highest BCUT2D eigenvalue weighted by atomic mass is 16.4. The Morgan fingerprint density at radius 3 is 2.71 bits per heavy atom. The van der Waals surface area contributed by atoms with Crippen molar-refractivity contribution in [2.75, 3.05) is 0 Å². The lowest BCUT2D eigenvalue weighted by molar-refractivity contribution is -0.138. The van der Waals surface area contributed by atoms with Crippen LogP contribution < -0.4 is 5.56 Å². The Balaban J connectivity index is 2.25. The van der Waals surface area contributed by atoms with E-state index in [1.54, 1.807) is 6.07 Å². The van der Waals surface area contributed by atoms with Gasteiger partial charge in [-0.25, -0.2) is 4.68 Å². The highest BCUT2D eigenvalue weighted by Gasteiger charge is 2.26. The van der Waals surface area contributed by atoms with Crippen molar-refractivity contribution < 1.29 is 9.90 Å². The van der Waals surface area contributed by atoms with Crippen LogP contribution in [-0.2, 0) is 11.3 Å². The third-order valence-electron chi connectivity index (χ3n) is 3.68. The van der Waals surface area contributed by atoms with Crippen LogP contribution in [0.15, 0.2) is 16.9 Å². The van der Waals surface area contributed by atoms with Crippen LogP contribution in [-0.4, -0.2) is 25.8 Å². The van der Waals surface area contributed by atoms with Gasteiger partial charge in [0.05, 0.1) is 16.6 Å². The molecule has 110 valence electrons. The number of pyridine rings is 1. The fraction of sp³-hybridized carbons (Fsp3) is 0.467. The first-order chi connectivity index (χ1) is 9.97. The molecule has 2 aromatic rings. The lowest BCUT2D eigenvalue weighted by atomic mass is 10.1. The van der Waals surface area contributed by atoms with Crippen LogP contribution in [0, 0.1) is 0 Å². The second-order valence-corrected chi connectivity index (χ2v) is 5.80. The Labute approximate surface area is 121 Å². The molecule has 0 saturated heterocycles. The van der Waals surface area contributed by atoms with Gasteiger partial charge in [0.15, 0.2) is 0 Å². The minimum Gasteiger partial charge on any atom is -0.480 e. The molecule has 1 aliphatic rings. The zero-order valence-electron chi connectivity index (χ0n) is 12.0. The van der Waals surface area contributed by atoms with Crippen LogP contribution in [0.4, 0.5) is 0 Å². The van der Waals surface area contributed by atoms with Crippen LogP contribution in [0.5, 0.6) is 0 Å². The van der Waals surface area contributed by atoms with Crippen molar-refractivity contribution in [1.82, 2.24) is 14.8 Å². The predicted molar refractivity (Wildman–Crippen MR) is 77.5 cm³/mol. The SMILES string of the molecule is CC(C)c1nn(CC(=O)O)c(=O)c2ccc(C3CC3)nc12. The lowest BCUT2D eigenvalue weighted by Gasteiger charge is -2.12. The van der Waals surface area contributed by atoms with Gasteiger partial charge in [0.1, 0.15) is 6.54 Å². The molecule has 0 spiro atoms. The molecule has 0 aliphatic heterocycles. The first-order valence-corrected chi connectivity index (χ1v) is 7.11. The van der Waals surface area contributed by atoms with E-state index >= 15 is 0 Å². The van der Waals surface area contributed by atoms with Crippen LogP contribution in [0.1, 0.15) is 49.9 Å². The molecule has 6 heteroatoms. The Morgan fingerprint density at radius 1 is 1.43 bits per heavy atom. The number of rotatable bonds is 4. The second-order valence-electron chi connectivity index (χ2n) is 5.80. The summed E-state index contributed by atoms with van der Waals surface area (Å²) in [7, 11) is 0. The van der Waals surface area contributed by atoms with E-state index in [9.17, 15) is 9.59 Å². The normalized spacial score (nSPS) is 14.8. The summed E-state index contributed by atoms with van der Waals surface area (Å²) in [5, 5.41) is 13.6. The van der Waals surface area contributed by atoms with E-state index in [4.69, 9.17) is 5.11 Å². The van der Waals surface area contributed by atoms with E-state index in [1.807, 2.05) is 19.9 Å². The predicted octanol–water partition coefficient (Wildman–Crippen LogP) is 1.88. The van der Waals surface area contributed by atoms with Crippen molar-refractivity contribution in [3.05, 3.63) is 33.9 Å². The molecule has 2 heterocycles. The molecule has 1 fully saturated rings. The Bertz CT molecular complexity index is 776. The van der Waals surface area contributed by atoms with Gasteiger partial charge in [0.2, 0.25) is 0 Å². The Kier molecular flexibility index (Phi) is 3.23. The monoisotopic (exact) mass is 287 g/mol. The summed E-state index contributed by atoms with van der Waals surface area (Å²) in [4.78, 5) is 27.8. The van der Waals surface area contributed by atoms with Crippen molar-refractivity contribution in [2.24, 2.45) is 0 Å². The van der Waals surface area contributed by atoms with Gasteiger partial charge in [0, 0.05) is 11.6 Å².